The minimum Gasteiger partial charge on any atom is -0.360 e. The van der Waals surface area contributed by atoms with Crippen molar-refractivity contribution >= 4 is 13.0 Å². The van der Waals surface area contributed by atoms with E-state index >= 15 is 0 Å². The molecule has 0 unspecified atom stereocenters. The normalized spacial score (nSPS) is 19.9. The molecule has 0 spiro atoms. The van der Waals surface area contributed by atoms with Gasteiger partial charge in [-0.3, -0.25) is 4.99 Å². The van der Waals surface area contributed by atoms with Gasteiger partial charge in [-0.2, -0.15) is 0 Å². The SMILES string of the molecule is CCCN=C1[B]C=CN1. The van der Waals surface area contributed by atoms with E-state index in [2.05, 4.69) is 17.2 Å². The van der Waals surface area contributed by atoms with Gasteiger partial charge in [-0.05, 0) is 12.6 Å². The summed E-state index contributed by atoms with van der Waals surface area (Å²) in [6.45, 7) is 3.03. The third kappa shape index (κ3) is 1.92. The van der Waals surface area contributed by atoms with Crippen molar-refractivity contribution in [1.82, 2.24) is 5.32 Å². The van der Waals surface area contributed by atoms with Crippen molar-refractivity contribution < 1.29 is 0 Å². The molecule has 0 fully saturated rings. The fourth-order valence-electron chi connectivity index (χ4n) is 0.651. The first-order valence-electron chi connectivity index (χ1n) is 3.24. The average molecular weight is 121 g/mol. The van der Waals surface area contributed by atoms with Crippen LogP contribution in [-0.4, -0.2) is 19.6 Å². The van der Waals surface area contributed by atoms with Crippen LogP contribution < -0.4 is 5.32 Å². The van der Waals surface area contributed by atoms with Gasteiger partial charge in [0.2, 0.25) is 7.28 Å². The van der Waals surface area contributed by atoms with Crippen LogP contribution >= 0.6 is 0 Å². The summed E-state index contributed by atoms with van der Waals surface area (Å²) in [6.07, 6.45) is 2.99. The van der Waals surface area contributed by atoms with Gasteiger partial charge in [0.1, 0.15) is 0 Å². The zero-order chi connectivity index (χ0) is 6.53. The zero-order valence-corrected chi connectivity index (χ0v) is 5.59. The largest absolute Gasteiger partial charge is 0.360 e. The Morgan fingerprint density at radius 3 is 3.22 bits per heavy atom. The molecule has 0 aromatic carbocycles. The van der Waals surface area contributed by atoms with E-state index in [1.807, 2.05) is 19.5 Å². The van der Waals surface area contributed by atoms with E-state index in [0.717, 1.165) is 18.7 Å². The molecule has 1 aliphatic rings. The number of amidine groups is 1. The Bertz CT molecular complexity index is 130. The van der Waals surface area contributed by atoms with Gasteiger partial charge < -0.3 is 5.32 Å². The predicted octanol–water partition coefficient (Wildman–Crippen LogP) is 0.531. The molecule has 0 amide bonds. The molecule has 0 saturated carbocycles. The number of nitrogens with one attached hydrogen (secondary N) is 1. The molecule has 9 heavy (non-hydrogen) atoms. The quantitative estimate of drug-likeness (QED) is 0.529. The molecule has 1 N–H and O–H groups in total. The Hall–Kier alpha value is -0.725. The highest BCUT2D eigenvalue weighted by molar-refractivity contribution is 6.80. The lowest BCUT2D eigenvalue weighted by Gasteiger charge is -1.94. The van der Waals surface area contributed by atoms with E-state index in [0.29, 0.717) is 0 Å². The minimum absolute atomic E-state index is 0.917. The maximum absolute atomic E-state index is 4.23. The highest BCUT2D eigenvalue weighted by Crippen LogP contribution is 1.85. The summed E-state index contributed by atoms with van der Waals surface area (Å²) in [4.78, 5) is 4.23. The van der Waals surface area contributed by atoms with Crippen LogP contribution in [0.4, 0.5) is 0 Å². The maximum atomic E-state index is 4.23. The molecule has 1 aliphatic heterocycles. The van der Waals surface area contributed by atoms with Gasteiger partial charge in [0.15, 0.2) is 0 Å². The lowest BCUT2D eigenvalue weighted by atomic mass is 9.80. The third-order valence-electron chi connectivity index (χ3n) is 1.09. The summed E-state index contributed by atoms with van der Waals surface area (Å²) in [5.74, 6) is 1.95. The molecule has 3 heteroatoms. The lowest BCUT2D eigenvalue weighted by molar-refractivity contribution is 0.929. The fraction of sp³-hybridized carbons (Fsp3) is 0.500. The Morgan fingerprint density at radius 1 is 1.78 bits per heavy atom. The van der Waals surface area contributed by atoms with E-state index < -0.39 is 0 Å². The first kappa shape index (κ1) is 6.40. The topological polar surface area (TPSA) is 24.4 Å². The summed E-state index contributed by atoms with van der Waals surface area (Å²) in [6, 6.07) is 0. The second-order valence-electron chi connectivity index (χ2n) is 1.94. The van der Waals surface area contributed by atoms with Crippen molar-refractivity contribution in [3.05, 3.63) is 12.2 Å². The fourth-order valence-corrected chi connectivity index (χ4v) is 0.651. The summed E-state index contributed by atoms with van der Waals surface area (Å²) < 4.78 is 0. The Balaban J connectivity index is 2.26. The Morgan fingerprint density at radius 2 is 2.67 bits per heavy atom. The molecule has 47 valence electrons. The minimum atomic E-state index is 0.917. The van der Waals surface area contributed by atoms with E-state index in [4.69, 9.17) is 0 Å². The van der Waals surface area contributed by atoms with Crippen LogP contribution in [0.3, 0.4) is 0 Å². The van der Waals surface area contributed by atoms with Gasteiger partial charge in [0.25, 0.3) is 0 Å². The predicted molar refractivity (Wildman–Crippen MR) is 40.6 cm³/mol. The van der Waals surface area contributed by atoms with Crippen LogP contribution in [0, 0.1) is 0 Å². The molecule has 2 nitrogen and oxygen atoms in total. The first-order chi connectivity index (χ1) is 4.43. The van der Waals surface area contributed by atoms with E-state index in [-0.39, 0.29) is 0 Å². The van der Waals surface area contributed by atoms with Crippen molar-refractivity contribution in [2.24, 2.45) is 4.99 Å². The van der Waals surface area contributed by atoms with Gasteiger partial charge >= 0.3 is 0 Å². The van der Waals surface area contributed by atoms with Crippen LogP contribution in [0.25, 0.3) is 0 Å². The van der Waals surface area contributed by atoms with Crippen molar-refractivity contribution in [3.8, 4) is 0 Å². The van der Waals surface area contributed by atoms with Crippen LogP contribution in [0.15, 0.2) is 17.2 Å². The van der Waals surface area contributed by atoms with Gasteiger partial charge in [-0.1, -0.05) is 12.9 Å². The molecule has 0 bridgehead atoms. The van der Waals surface area contributed by atoms with E-state index in [1.165, 1.54) is 0 Å². The lowest BCUT2D eigenvalue weighted by Crippen LogP contribution is -2.16. The Kier molecular flexibility index (Phi) is 2.37. The van der Waals surface area contributed by atoms with Gasteiger partial charge in [0, 0.05) is 6.54 Å². The van der Waals surface area contributed by atoms with Crippen molar-refractivity contribution in [1.29, 1.82) is 0 Å². The molecule has 0 atom stereocenters. The zero-order valence-electron chi connectivity index (χ0n) is 5.59. The number of hydrogen-bond donors (Lipinski definition) is 1. The highest BCUT2D eigenvalue weighted by atomic mass is 15.0. The molecule has 0 saturated heterocycles. The summed E-state index contributed by atoms with van der Waals surface area (Å²) in [5.41, 5.74) is 0.983. The van der Waals surface area contributed by atoms with Gasteiger partial charge in [0.05, 0.1) is 5.73 Å². The van der Waals surface area contributed by atoms with Gasteiger partial charge in [-0.25, -0.2) is 0 Å². The molecule has 1 radical (unpaired) electrons. The molecular formula is C6H10BN2. The van der Waals surface area contributed by atoms with Gasteiger partial charge in [-0.15, -0.1) is 0 Å². The van der Waals surface area contributed by atoms with E-state index in [9.17, 15) is 0 Å². The number of aliphatic imine (C=N–C) groups is 1. The van der Waals surface area contributed by atoms with E-state index in [1.54, 1.807) is 0 Å². The van der Waals surface area contributed by atoms with Crippen LogP contribution in [-0.2, 0) is 0 Å². The Labute approximate surface area is 56.3 Å². The average Bonchev–Trinajstić information content (AvgIpc) is 2.34. The maximum Gasteiger partial charge on any atom is 0.231 e. The number of rotatable bonds is 2. The monoisotopic (exact) mass is 121 g/mol. The third-order valence-corrected chi connectivity index (χ3v) is 1.09. The number of nitrogens with zero attached hydrogens (tertiary/aromatic N) is 1. The second-order valence-corrected chi connectivity index (χ2v) is 1.94. The molecular weight excluding hydrogens is 111 g/mol. The standard InChI is InChI=1S/C6H10BN2/c1-2-4-8-6-7-3-5-9-6/h3,5H,2,4H2,1H3,(H,8,9). The first-order valence-corrected chi connectivity index (χ1v) is 3.24. The summed E-state index contributed by atoms with van der Waals surface area (Å²) >= 11 is 0. The van der Waals surface area contributed by atoms with Crippen molar-refractivity contribution in [2.75, 3.05) is 6.54 Å². The summed E-state index contributed by atoms with van der Waals surface area (Å²) in [7, 11) is 1.97. The molecule has 0 aromatic rings. The molecule has 1 heterocycles. The molecule has 0 aromatic heterocycles. The second kappa shape index (κ2) is 3.33. The molecule has 0 aliphatic carbocycles. The molecule has 1 rings (SSSR count). The smallest absolute Gasteiger partial charge is 0.231 e. The highest BCUT2D eigenvalue weighted by Gasteiger charge is 1.99. The van der Waals surface area contributed by atoms with Crippen molar-refractivity contribution in [3.63, 3.8) is 0 Å². The van der Waals surface area contributed by atoms with Crippen LogP contribution in [0.2, 0.25) is 0 Å². The van der Waals surface area contributed by atoms with Crippen LogP contribution in [0.1, 0.15) is 13.3 Å². The van der Waals surface area contributed by atoms with Crippen molar-refractivity contribution in [2.45, 2.75) is 13.3 Å². The number of hydrogen-bond acceptors (Lipinski definition) is 1. The van der Waals surface area contributed by atoms with Crippen LogP contribution in [0.5, 0.6) is 0 Å². The summed E-state index contributed by atoms with van der Waals surface area (Å²) in [5, 5.41) is 3.01.